The first-order chi connectivity index (χ1) is 11.9. The lowest BCUT2D eigenvalue weighted by Crippen LogP contribution is -2.38. The number of nitrogens with zero attached hydrogens (tertiary/aromatic N) is 1. The molecule has 25 heavy (non-hydrogen) atoms. The van der Waals surface area contributed by atoms with Gasteiger partial charge in [0, 0.05) is 30.5 Å². The molecular formula is C18H23ClN2O4. The Morgan fingerprint density at radius 1 is 1.32 bits per heavy atom. The van der Waals surface area contributed by atoms with Crippen LogP contribution in [0.5, 0.6) is 0 Å². The van der Waals surface area contributed by atoms with Crippen molar-refractivity contribution in [2.45, 2.75) is 26.3 Å². The summed E-state index contributed by atoms with van der Waals surface area (Å²) in [6, 6.07) is 7.15. The van der Waals surface area contributed by atoms with Crippen LogP contribution in [0.1, 0.15) is 25.3 Å². The molecule has 0 saturated heterocycles. The van der Waals surface area contributed by atoms with Crippen LogP contribution in [0.15, 0.2) is 24.3 Å². The molecule has 1 fully saturated rings. The summed E-state index contributed by atoms with van der Waals surface area (Å²) in [5, 5.41) is 3.30. The van der Waals surface area contributed by atoms with E-state index in [0.717, 1.165) is 12.0 Å². The largest absolute Gasteiger partial charge is 0.468 e. The van der Waals surface area contributed by atoms with Crippen LogP contribution in [0.3, 0.4) is 0 Å². The van der Waals surface area contributed by atoms with Crippen LogP contribution >= 0.6 is 11.6 Å². The van der Waals surface area contributed by atoms with Crippen molar-refractivity contribution in [3.05, 3.63) is 34.9 Å². The second-order valence-electron chi connectivity index (χ2n) is 6.28. The Hall–Kier alpha value is -2.08. The van der Waals surface area contributed by atoms with Crippen LogP contribution in [0, 0.1) is 11.8 Å². The summed E-state index contributed by atoms with van der Waals surface area (Å²) in [6.07, 6.45) is 1.02. The van der Waals surface area contributed by atoms with Gasteiger partial charge in [-0.1, -0.05) is 36.7 Å². The Morgan fingerprint density at radius 2 is 2.00 bits per heavy atom. The van der Waals surface area contributed by atoms with Gasteiger partial charge < -0.3 is 15.0 Å². The normalized spacial score (nSPS) is 18.4. The van der Waals surface area contributed by atoms with Crippen LogP contribution in [0.25, 0.3) is 0 Å². The molecule has 0 heterocycles. The van der Waals surface area contributed by atoms with E-state index in [0.29, 0.717) is 10.9 Å². The molecule has 6 nitrogen and oxygen atoms in total. The molecule has 1 aromatic rings. The Morgan fingerprint density at radius 3 is 2.60 bits per heavy atom. The van der Waals surface area contributed by atoms with E-state index in [1.54, 1.807) is 18.2 Å². The van der Waals surface area contributed by atoms with Gasteiger partial charge in [-0.3, -0.25) is 14.4 Å². The predicted octanol–water partition coefficient (Wildman–Crippen LogP) is 2.00. The summed E-state index contributed by atoms with van der Waals surface area (Å²) >= 11 is 6.13. The monoisotopic (exact) mass is 366 g/mol. The summed E-state index contributed by atoms with van der Waals surface area (Å²) in [7, 11) is 1.28. The predicted molar refractivity (Wildman–Crippen MR) is 93.8 cm³/mol. The van der Waals surface area contributed by atoms with E-state index in [2.05, 4.69) is 10.1 Å². The molecule has 7 heteroatoms. The summed E-state index contributed by atoms with van der Waals surface area (Å²) < 4.78 is 4.66. The Balaban J connectivity index is 1.91. The zero-order valence-corrected chi connectivity index (χ0v) is 15.2. The molecule has 2 unspecified atom stereocenters. The number of halogens is 1. The van der Waals surface area contributed by atoms with Gasteiger partial charge >= 0.3 is 5.97 Å². The summed E-state index contributed by atoms with van der Waals surface area (Å²) in [5.41, 5.74) is 0.747. The summed E-state index contributed by atoms with van der Waals surface area (Å²) in [6.45, 7) is 2.33. The minimum atomic E-state index is -0.503. The number of rotatable bonds is 8. The van der Waals surface area contributed by atoms with E-state index in [1.807, 2.05) is 13.0 Å². The number of hydrogen-bond acceptors (Lipinski definition) is 4. The number of carbonyl (C=O) groups is 3. The first kappa shape index (κ1) is 19.2. The number of amides is 2. The number of benzene rings is 1. The van der Waals surface area contributed by atoms with Gasteiger partial charge in [-0.25, -0.2) is 0 Å². The number of carbonyl (C=O) groups excluding carboxylic acids is 3. The highest BCUT2D eigenvalue weighted by atomic mass is 35.5. The number of ether oxygens (including phenoxy) is 1. The average Bonchev–Trinajstić information content (AvgIpc) is 3.32. The van der Waals surface area contributed by atoms with Gasteiger partial charge in [-0.15, -0.1) is 0 Å². The van der Waals surface area contributed by atoms with Gasteiger partial charge in [-0.2, -0.15) is 0 Å². The van der Waals surface area contributed by atoms with Crippen molar-refractivity contribution in [1.82, 2.24) is 10.2 Å². The quantitative estimate of drug-likeness (QED) is 0.714. The molecule has 1 aromatic carbocycles. The van der Waals surface area contributed by atoms with E-state index < -0.39 is 5.97 Å². The van der Waals surface area contributed by atoms with Crippen molar-refractivity contribution in [1.29, 1.82) is 0 Å². The van der Waals surface area contributed by atoms with E-state index >= 15 is 0 Å². The summed E-state index contributed by atoms with van der Waals surface area (Å²) in [4.78, 5) is 37.3. The molecule has 0 aliphatic heterocycles. The minimum absolute atomic E-state index is 0.00841. The maximum absolute atomic E-state index is 12.5. The fraction of sp³-hybridized carbons (Fsp3) is 0.500. The highest BCUT2D eigenvalue weighted by Crippen LogP contribution is 2.37. The lowest BCUT2D eigenvalue weighted by Gasteiger charge is -2.22. The van der Waals surface area contributed by atoms with E-state index in [4.69, 9.17) is 11.6 Å². The van der Waals surface area contributed by atoms with Gasteiger partial charge in [0.05, 0.1) is 7.11 Å². The van der Waals surface area contributed by atoms with Crippen molar-refractivity contribution in [3.63, 3.8) is 0 Å². The van der Waals surface area contributed by atoms with Gasteiger partial charge in [-0.05, 0) is 24.0 Å². The van der Waals surface area contributed by atoms with Gasteiger partial charge in [0.15, 0.2) is 0 Å². The topological polar surface area (TPSA) is 75.7 Å². The molecule has 0 bridgehead atoms. The van der Waals surface area contributed by atoms with E-state index in [9.17, 15) is 14.4 Å². The smallest absolute Gasteiger partial charge is 0.325 e. The Bertz CT molecular complexity index is 650. The number of hydrogen-bond donors (Lipinski definition) is 1. The highest BCUT2D eigenvalue weighted by molar-refractivity contribution is 6.31. The minimum Gasteiger partial charge on any atom is -0.468 e. The van der Waals surface area contributed by atoms with E-state index in [1.165, 1.54) is 12.0 Å². The number of methoxy groups -OCH3 is 1. The lowest BCUT2D eigenvalue weighted by atomic mass is 10.2. The zero-order valence-electron chi connectivity index (χ0n) is 14.5. The van der Waals surface area contributed by atoms with Crippen molar-refractivity contribution in [3.8, 4) is 0 Å². The van der Waals surface area contributed by atoms with Gasteiger partial charge in [0.1, 0.15) is 6.54 Å². The van der Waals surface area contributed by atoms with E-state index in [-0.39, 0.29) is 43.8 Å². The SMILES string of the molecule is COC(=O)CN(Cc1ccccc1Cl)C(=O)CCNC(=O)C1CC1C. The van der Waals surface area contributed by atoms with Gasteiger partial charge in [0.25, 0.3) is 0 Å². The second-order valence-corrected chi connectivity index (χ2v) is 6.69. The standard InChI is InChI=1S/C18H23ClN2O4/c1-12-9-14(12)18(24)20-8-7-16(22)21(11-17(23)25-2)10-13-5-3-4-6-15(13)19/h3-6,12,14H,7-11H2,1-2H3,(H,20,24). The second kappa shape index (κ2) is 8.85. The third-order valence-corrected chi connectivity index (χ3v) is 4.67. The van der Waals surface area contributed by atoms with Crippen molar-refractivity contribution in [2.75, 3.05) is 20.2 Å². The molecule has 136 valence electrons. The van der Waals surface area contributed by atoms with Crippen molar-refractivity contribution < 1.29 is 19.1 Å². The third kappa shape index (κ3) is 5.74. The molecular weight excluding hydrogens is 344 g/mol. The zero-order chi connectivity index (χ0) is 18.4. The lowest BCUT2D eigenvalue weighted by molar-refractivity contribution is -0.147. The number of nitrogens with one attached hydrogen (secondary N) is 1. The van der Waals surface area contributed by atoms with Crippen molar-refractivity contribution >= 4 is 29.4 Å². The van der Waals surface area contributed by atoms with Crippen LogP contribution in [-0.2, 0) is 25.7 Å². The maximum Gasteiger partial charge on any atom is 0.325 e. The van der Waals surface area contributed by atoms with Crippen LogP contribution < -0.4 is 5.32 Å². The first-order valence-electron chi connectivity index (χ1n) is 8.28. The maximum atomic E-state index is 12.5. The molecule has 2 atom stereocenters. The Kier molecular flexibility index (Phi) is 6.82. The third-order valence-electron chi connectivity index (χ3n) is 4.30. The molecule has 0 radical (unpaired) electrons. The van der Waals surface area contributed by atoms with Crippen LogP contribution in [0.2, 0.25) is 5.02 Å². The van der Waals surface area contributed by atoms with Crippen LogP contribution in [0.4, 0.5) is 0 Å². The molecule has 0 aromatic heterocycles. The molecule has 2 amide bonds. The molecule has 1 saturated carbocycles. The molecule has 0 spiro atoms. The molecule has 1 aliphatic carbocycles. The number of esters is 1. The Labute approximate surface area is 152 Å². The highest BCUT2D eigenvalue weighted by Gasteiger charge is 2.38. The summed E-state index contributed by atoms with van der Waals surface area (Å²) in [5.74, 6) is -0.257. The fourth-order valence-corrected chi connectivity index (χ4v) is 2.75. The molecule has 1 aliphatic rings. The average molecular weight is 367 g/mol. The van der Waals surface area contributed by atoms with Gasteiger partial charge in [0.2, 0.25) is 11.8 Å². The van der Waals surface area contributed by atoms with Crippen LogP contribution in [-0.4, -0.2) is 42.9 Å². The fourth-order valence-electron chi connectivity index (χ4n) is 2.55. The molecule has 2 rings (SSSR count). The van der Waals surface area contributed by atoms with Crippen molar-refractivity contribution in [2.24, 2.45) is 11.8 Å². The first-order valence-corrected chi connectivity index (χ1v) is 8.66. The molecule has 1 N–H and O–H groups in total.